The van der Waals surface area contributed by atoms with E-state index in [1.54, 1.807) is 38.5 Å². The number of amides is 2. The molecule has 2 amide bonds. The van der Waals surface area contributed by atoms with Gasteiger partial charge in [-0.25, -0.2) is 14.4 Å². The Labute approximate surface area is 227 Å². The molecule has 11 heteroatoms. The molecule has 1 aliphatic carbocycles. The summed E-state index contributed by atoms with van der Waals surface area (Å²) in [6, 6.07) is 16.2. The highest BCUT2D eigenvalue weighted by Gasteiger charge is 2.56. The summed E-state index contributed by atoms with van der Waals surface area (Å²) in [5.74, 6) is 0.586. The number of nitrogens with zero attached hydrogens (tertiary/aromatic N) is 2. The lowest BCUT2D eigenvalue weighted by molar-refractivity contribution is -0.131. The summed E-state index contributed by atoms with van der Waals surface area (Å²) in [4.78, 5) is 38.0. The number of ether oxygens (including phenoxy) is 2. The maximum Gasteiger partial charge on any atom is 0.240 e. The average Bonchev–Trinajstić information content (AvgIpc) is 3.71. The van der Waals surface area contributed by atoms with E-state index in [0.717, 1.165) is 22.1 Å². The smallest absolute Gasteiger partial charge is 0.240 e. The van der Waals surface area contributed by atoms with Gasteiger partial charge in [0.2, 0.25) is 11.8 Å². The molecular formula is C29H25FN6O4. The van der Waals surface area contributed by atoms with E-state index in [4.69, 9.17) is 9.47 Å². The van der Waals surface area contributed by atoms with Crippen LogP contribution in [0.3, 0.4) is 0 Å². The van der Waals surface area contributed by atoms with Gasteiger partial charge < -0.3 is 30.4 Å². The first kappa shape index (κ1) is 25.1. The minimum Gasteiger partial charge on any atom is -0.493 e. The molecule has 1 fully saturated rings. The van der Waals surface area contributed by atoms with E-state index in [1.807, 2.05) is 12.1 Å². The number of carbonyl (C=O) groups excluding carboxylic acids is 2. The molecule has 40 heavy (non-hydrogen) atoms. The van der Waals surface area contributed by atoms with E-state index < -0.39 is 17.1 Å². The fourth-order valence-corrected chi connectivity index (χ4v) is 4.61. The Kier molecular flexibility index (Phi) is 6.18. The third-order valence-electron chi connectivity index (χ3n) is 7.01. The first-order valence-electron chi connectivity index (χ1n) is 12.5. The maximum atomic E-state index is 13.2. The Morgan fingerprint density at radius 1 is 0.850 bits per heavy atom. The van der Waals surface area contributed by atoms with E-state index in [1.165, 1.54) is 30.6 Å². The van der Waals surface area contributed by atoms with Crippen LogP contribution in [0.2, 0.25) is 0 Å². The first-order chi connectivity index (χ1) is 19.4. The molecule has 4 N–H and O–H groups in total. The number of hydrogen-bond acceptors (Lipinski definition) is 7. The molecule has 0 aliphatic heterocycles. The molecule has 2 heterocycles. The number of H-pyrrole nitrogens is 1. The monoisotopic (exact) mass is 540 g/mol. The molecular weight excluding hydrogens is 515 g/mol. The molecule has 10 nitrogen and oxygen atoms in total. The summed E-state index contributed by atoms with van der Waals surface area (Å²) in [7, 11) is 3.16. The van der Waals surface area contributed by atoms with Crippen LogP contribution in [0.1, 0.15) is 12.8 Å². The Morgan fingerprint density at radius 3 is 2.02 bits per heavy atom. The van der Waals surface area contributed by atoms with Crippen LogP contribution >= 0.6 is 0 Å². The molecule has 0 unspecified atom stereocenters. The summed E-state index contributed by atoms with van der Waals surface area (Å²) in [6.45, 7) is 0. The van der Waals surface area contributed by atoms with Crippen molar-refractivity contribution in [1.29, 1.82) is 0 Å². The third-order valence-corrected chi connectivity index (χ3v) is 7.01. The predicted octanol–water partition coefficient (Wildman–Crippen LogP) is 5.37. The van der Waals surface area contributed by atoms with Crippen LogP contribution < -0.4 is 25.4 Å². The molecule has 0 radical (unpaired) electrons. The molecule has 5 aromatic rings. The second-order valence-corrected chi connectivity index (χ2v) is 9.52. The van der Waals surface area contributed by atoms with Crippen molar-refractivity contribution in [1.82, 2.24) is 15.0 Å². The summed E-state index contributed by atoms with van der Waals surface area (Å²) in [5.41, 5.74) is 2.86. The number of benzene rings is 3. The number of fused-ring (bicyclic) bond motifs is 3. The Bertz CT molecular complexity index is 1750. The zero-order chi connectivity index (χ0) is 27.9. The quantitative estimate of drug-likeness (QED) is 0.195. The van der Waals surface area contributed by atoms with Gasteiger partial charge in [-0.05, 0) is 67.4 Å². The molecule has 0 spiro atoms. The van der Waals surface area contributed by atoms with Gasteiger partial charge in [0, 0.05) is 28.5 Å². The highest BCUT2D eigenvalue weighted by Crippen LogP contribution is 2.47. The summed E-state index contributed by atoms with van der Waals surface area (Å²) < 4.78 is 24.0. The van der Waals surface area contributed by atoms with Crippen LogP contribution in [-0.4, -0.2) is 41.0 Å². The second-order valence-electron chi connectivity index (χ2n) is 9.52. The number of carbonyl (C=O) groups is 2. The molecule has 0 atom stereocenters. The van der Waals surface area contributed by atoms with Gasteiger partial charge in [-0.15, -0.1) is 0 Å². The van der Waals surface area contributed by atoms with Gasteiger partial charge in [0.25, 0.3) is 0 Å². The second kappa shape index (κ2) is 9.84. The number of nitrogens with one attached hydrogen (secondary N) is 4. The highest BCUT2D eigenvalue weighted by molar-refractivity contribution is 6.17. The predicted molar refractivity (Wildman–Crippen MR) is 150 cm³/mol. The number of rotatable bonds is 8. The minimum atomic E-state index is -1.14. The lowest BCUT2D eigenvalue weighted by Gasteiger charge is -2.16. The fourth-order valence-electron chi connectivity index (χ4n) is 4.61. The van der Waals surface area contributed by atoms with Crippen molar-refractivity contribution >= 4 is 56.6 Å². The van der Waals surface area contributed by atoms with Crippen molar-refractivity contribution in [2.45, 2.75) is 12.8 Å². The van der Waals surface area contributed by atoms with E-state index in [-0.39, 0.29) is 5.91 Å². The van der Waals surface area contributed by atoms with Crippen molar-refractivity contribution in [3.05, 3.63) is 72.8 Å². The first-order valence-corrected chi connectivity index (χ1v) is 12.5. The number of halogens is 1. The molecule has 1 saturated carbocycles. The van der Waals surface area contributed by atoms with Crippen LogP contribution in [0.25, 0.3) is 21.9 Å². The molecule has 202 valence electrons. The average molecular weight is 541 g/mol. The van der Waals surface area contributed by atoms with Gasteiger partial charge >= 0.3 is 0 Å². The van der Waals surface area contributed by atoms with Crippen LogP contribution in [-0.2, 0) is 9.59 Å². The molecule has 2 aromatic heterocycles. The van der Waals surface area contributed by atoms with Crippen LogP contribution in [0, 0.1) is 11.2 Å². The molecule has 1 aliphatic rings. The van der Waals surface area contributed by atoms with Gasteiger partial charge in [-0.1, -0.05) is 0 Å². The molecule has 0 saturated heterocycles. The molecule has 0 bridgehead atoms. The summed E-state index contributed by atoms with van der Waals surface area (Å²) >= 11 is 0. The van der Waals surface area contributed by atoms with Crippen molar-refractivity contribution < 1.29 is 23.5 Å². The Morgan fingerprint density at radius 2 is 1.43 bits per heavy atom. The molecule has 3 aromatic carbocycles. The summed E-state index contributed by atoms with van der Waals surface area (Å²) in [5, 5.41) is 9.70. The summed E-state index contributed by atoms with van der Waals surface area (Å²) in [6.07, 6.45) is 2.37. The van der Waals surface area contributed by atoms with Gasteiger partial charge in [-0.3, -0.25) is 9.59 Å². The fraction of sp³-hybridized carbons (Fsp3) is 0.172. The van der Waals surface area contributed by atoms with Crippen molar-refractivity contribution in [3.8, 4) is 11.5 Å². The van der Waals surface area contributed by atoms with Gasteiger partial charge in [0.15, 0.2) is 17.3 Å². The van der Waals surface area contributed by atoms with Crippen molar-refractivity contribution in [2.75, 3.05) is 30.2 Å². The van der Waals surface area contributed by atoms with E-state index in [0.29, 0.717) is 47.1 Å². The van der Waals surface area contributed by atoms with E-state index in [2.05, 4.69) is 30.9 Å². The lowest BCUT2D eigenvalue weighted by atomic mass is 10.0. The third kappa shape index (κ3) is 4.51. The van der Waals surface area contributed by atoms with Crippen molar-refractivity contribution in [3.63, 3.8) is 0 Å². The number of aromatic amines is 1. The van der Waals surface area contributed by atoms with Gasteiger partial charge in [0.1, 0.15) is 28.6 Å². The number of aromatic nitrogens is 3. The standard InChI is InChI=1S/C29H25FN6O4/c1-39-22-13-20-21(14-23(22)40-2)36-25-24(20)31-15-32-26(25)33-17-7-9-19(10-8-17)35-28(38)29(11-12-29)27(37)34-18-5-3-16(30)4-6-18/h3-10,13-15,36H,11-12H2,1-2H3,(H,34,37)(H,35,38)(H,31,32,33). The largest absolute Gasteiger partial charge is 0.493 e. The van der Waals surface area contributed by atoms with Crippen LogP contribution in [0.4, 0.5) is 27.3 Å². The van der Waals surface area contributed by atoms with Crippen LogP contribution in [0.15, 0.2) is 67.0 Å². The maximum absolute atomic E-state index is 13.2. The van der Waals surface area contributed by atoms with E-state index >= 15 is 0 Å². The zero-order valence-corrected chi connectivity index (χ0v) is 21.7. The minimum absolute atomic E-state index is 0.380. The topological polar surface area (TPSA) is 130 Å². The SMILES string of the molecule is COc1cc2[nH]c3c(Nc4ccc(NC(=O)C5(C(=O)Nc6ccc(F)cc6)CC5)cc4)ncnc3c2cc1OC. The Hall–Kier alpha value is -5.19. The number of anilines is 4. The lowest BCUT2D eigenvalue weighted by Crippen LogP contribution is -2.35. The number of hydrogen-bond donors (Lipinski definition) is 4. The van der Waals surface area contributed by atoms with E-state index in [9.17, 15) is 14.0 Å². The van der Waals surface area contributed by atoms with Crippen molar-refractivity contribution in [2.24, 2.45) is 5.41 Å². The zero-order valence-electron chi connectivity index (χ0n) is 21.7. The van der Waals surface area contributed by atoms with Gasteiger partial charge in [-0.2, -0.15) is 0 Å². The van der Waals surface area contributed by atoms with Crippen LogP contribution in [0.5, 0.6) is 11.5 Å². The normalized spacial score (nSPS) is 13.6. The van der Waals surface area contributed by atoms with Gasteiger partial charge in [0.05, 0.1) is 19.7 Å². The Balaban J connectivity index is 1.17. The molecule has 6 rings (SSSR count). The highest BCUT2D eigenvalue weighted by atomic mass is 19.1. The number of methoxy groups -OCH3 is 2.